The first-order valence-electron chi connectivity index (χ1n) is 5.60. The molecule has 1 aliphatic carbocycles. The minimum absolute atomic E-state index is 0.164. The molecule has 0 heterocycles. The van der Waals surface area contributed by atoms with E-state index in [1.54, 1.807) is 0 Å². The quantitative estimate of drug-likeness (QED) is 0.638. The van der Waals surface area contributed by atoms with Crippen LogP contribution in [0.3, 0.4) is 0 Å². The zero-order valence-corrected chi connectivity index (χ0v) is 10.7. The highest BCUT2D eigenvalue weighted by Gasteiger charge is 2.40. The minimum Gasteiger partial charge on any atom is -0.316 e. The van der Waals surface area contributed by atoms with Crippen molar-refractivity contribution < 1.29 is 8.42 Å². The molecule has 0 aromatic rings. The van der Waals surface area contributed by atoms with Gasteiger partial charge in [-0.3, -0.25) is 0 Å². The third-order valence-corrected chi connectivity index (χ3v) is 4.39. The maximum Gasteiger partial charge on any atom is 0.213 e. The summed E-state index contributed by atoms with van der Waals surface area (Å²) in [6, 6.07) is 0. The fourth-order valence-corrected chi connectivity index (χ4v) is 3.21. The Hall–Kier alpha value is -0.130. The molecular weight excluding hydrogens is 212 g/mol. The van der Waals surface area contributed by atoms with Crippen molar-refractivity contribution in [2.75, 3.05) is 18.8 Å². The molecule has 1 rings (SSSR count). The van der Waals surface area contributed by atoms with Gasteiger partial charge >= 0.3 is 0 Å². The van der Waals surface area contributed by atoms with Gasteiger partial charge in [0.05, 0.1) is 5.75 Å². The van der Waals surface area contributed by atoms with Gasteiger partial charge < -0.3 is 5.32 Å². The van der Waals surface area contributed by atoms with Crippen molar-refractivity contribution >= 4 is 10.0 Å². The average Bonchev–Trinajstić information content (AvgIpc) is 2.83. The Kier molecular flexibility index (Phi) is 4.14. The molecule has 0 spiro atoms. The average molecular weight is 234 g/mol. The van der Waals surface area contributed by atoms with E-state index in [2.05, 4.69) is 10.0 Å². The normalized spacial score (nSPS) is 18.1. The summed E-state index contributed by atoms with van der Waals surface area (Å²) in [6.45, 7) is 7.23. The standard InChI is InChI=1S/C10H22N2O2S/c1-4-11-7-8-15(13,14)12-10(2,3)9-5-6-9/h9,11-12H,4-8H2,1-3H3. The summed E-state index contributed by atoms with van der Waals surface area (Å²) in [7, 11) is -3.13. The van der Waals surface area contributed by atoms with Crippen LogP contribution in [0.4, 0.5) is 0 Å². The van der Waals surface area contributed by atoms with Crippen LogP contribution in [0.1, 0.15) is 33.6 Å². The van der Waals surface area contributed by atoms with Gasteiger partial charge in [0.25, 0.3) is 0 Å². The lowest BCUT2D eigenvalue weighted by Gasteiger charge is -2.25. The molecule has 0 amide bonds. The van der Waals surface area contributed by atoms with E-state index < -0.39 is 10.0 Å². The molecule has 1 fully saturated rings. The SMILES string of the molecule is CCNCCS(=O)(=O)NC(C)(C)C1CC1. The predicted octanol–water partition coefficient (Wildman–Crippen LogP) is 0.704. The Morgan fingerprint density at radius 2 is 1.93 bits per heavy atom. The number of hydrogen-bond donors (Lipinski definition) is 2. The first-order valence-corrected chi connectivity index (χ1v) is 7.25. The predicted molar refractivity (Wildman–Crippen MR) is 62.3 cm³/mol. The smallest absolute Gasteiger partial charge is 0.213 e. The van der Waals surface area contributed by atoms with Gasteiger partial charge in [0.1, 0.15) is 0 Å². The molecule has 0 aliphatic heterocycles. The van der Waals surface area contributed by atoms with Crippen molar-refractivity contribution in [2.24, 2.45) is 5.92 Å². The maximum absolute atomic E-state index is 11.7. The third kappa shape index (κ3) is 4.49. The molecule has 2 N–H and O–H groups in total. The molecule has 0 atom stereocenters. The summed E-state index contributed by atoms with van der Waals surface area (Å²) in [4.78, 5) is 0. The van der Waals surface area contributed by atoms with E-state index in [4.69, 9.17) is 0 Å². The van der Waals surface area contributed by atoms with Crippen LogP contribution in [-0.2, 0) is 10.0 Å². The van der Waals surface area contributed by atoms with Gasteiger partial charge in [-0.05, 0) is 39.2 Å². The van der Waals surface area contributed by atoms with E-state index in [1.807, 2.05) is 20.8 Å². The summed E-state index contributed by atoms with van der Waals surface area (Å²) in [6.07, 6.45) is 2.28. The first-order chi connectivity index (χ1) is 6.87. The molecule has 0 radical (unpaired) electrons. The van der Waals surface area contributed by atoms with Crippen LogP contribution in [0.2, 0.25) is 0 Å². The summed E-state index contributed by atoms with van der Waals surface area (Å²) >= 11 is 0. The van der Waals surface area contributed by atoms with Crippen molar-refractivity contribution in [1.29, 1.82) is 0 Å². The number of nitrogens with one attached hydrogen (secondary N) is 2. The molecule has 15 heavy (non-hydrogen) atoms. The van der Waals surface area contributed by atoms with Crippen molar-refractivity contribution in [3.63, 3.8) is 0 Å². The molecule has 0 saturated heterocycles. The number of rotatable bonds is 7. The van der Waals surface area contributed by atoms with Gasteiger partial charge in [-0.15, -0.1) is 0 Å². The molecule has 0 bridgehead atoms. The Morgan fingerprint density at radius 3 is 2.40 bits per heavy atom. The Morgan fingerprint density at radius 1 is 1.33 bits per heavy atom. The van der Waals surface area contributed by atoms with Crippen LogP contribution < -0.4 is 10.0 Å². The molecule has 4 nitrogen and oxygen atoms in total. The fraction of sp³-hybridized carbons (Fsp3) is 1.00. The summed E-state index contributed by atoms with van der Waals surface area (Å²) in [5.74, 6) is 0.684. The minimum atomic E-state index is -3.13. The molecule has 1 saturated carbocycles. The molecule has 90 valence electrons. The van der Waals surface area contributed by atoms with E-state index >= 15 is 0 Å². The maximum atomic E-state index is 11.7. The zero-order valence-electron chi connectivity index (χ0n) is 9.84. The molecular formula is C10H22N2O2S. The highest BCUT2D eigenvalue weighted by atomic mass is 32.2. The molecule has 0 aromatic heterocycles. The van der Waals surface area contributed by atoms with Crippen LogP contribution in [0.5, 0.6) is 0 Å². The monoisotopic (exact) mass is 234 g/mol. The van der Waals surface area contributed by atoms with Gasteiger partial charge in [0, 0.05) is 12.1 Å². The summed E-state index contributed by atoms with van der Waals surface area (Å²) in [5, 5.41) is 3.02. The highest BCUT2D eigenvalue weighted by Crippen LogP contribution is 2.39. The molecule has 0 aromatic carbocycles. The molecule has 5 heteroatoms. The van der Waals surface area contributed by atoms with E-state index in [1.165, 1.54) is 0 Å². The van der Waals surface area contributed by atoms with Gasteiger partial charge in [0.15, 0.2) is 0 Å². The van der Waals surface area contributed by atoms with Crippen LogP contribution in [-0.4, -0.2) is 32.8 Å². The van der Waals surface area contributed by atoms with Gasteiger partial charge in [-0.25, -0.2) is 13.1 Å². The lowest BCUT2D eigenvalue weighted by molar-refractivity contribution is 0.400. The molecule has 1 aliphatic rings. The number of sulfonamides is 1. The largest absolute Gasteiger partial charge is 0.316 e. The zero-order chi connectivity index (χ0) is 11.5. The van der Waals surface area contributed by atoms with Crippen LogP contribution >= 0.6 is 0 Å². The van der Waals surface area contributed by atoms with Gasteiger partial charge in [-0.1, -0.05) is 6.92 Å². The summed E-state index contributed by atoms with van der Waals surface area (Å²) < 4.78 is 26.2. The Balaban J connectivity index is 2.41. The van der Waals surface area contributed by atoms with Crippen LogP contribution in [0.15, 0.2) is 0 Å². The Labute approximate surface area is 92.9 Å². The van der Waals surface area contributed by atoms with E-state index in [0.717, 1.165) is 19.4 Å². The van der Waals surface area contributed by atoms with Crippen molar-refractivity contribution in [3.8, 4) is 0 Å². The van der Waals surface area contributed by atoms with Crippen molar-refractivity contribution in [3.05, 3.63) is 0 Å². The third-order valence-electron chi connectivity index (χ3n) is 2.81. The van der Waals surface area contributed by atoms with Crippen molar-refractivity contribution in [2.45, 2.75) is 39.2 Å². The first kappa shape index (κ1) is 12.9. The van der Waals surface area contributed by atoms with Gasteiger partial charge in [0.2, 0.25) is 10.0 Å². The van der Waals surface area contributed by atoms with Crippen LogP contribution in [0, 0.1) is 5.92 Å². The van der Waals surface area contributed by atoms with E-state index in [0.29, 0.717) is 12.5 Å². The number of hydrogen-bond acceptors (Lipinski definition) is 3. The highest BCUT2D eigenvalue weighted by molar-refractivity contribution is 7.89. The van der Waals surface area contributed by atoms with Crippen molar-refractivity contribution in [1.82, 2.24) is 10.0 Å². The summed E-state index contributed by atoms with van der Waals surface area (Å²) in [5.41, 5.74) is -0.273. The van der Waals surface area contributed by atoms with Crippen LogP contribution in [0.25, 0.3) is 0 Å². The second-order valence-corrected chi connectivity index (χ2v) is 6.61. The van der Waals surface area contributed by atoms with E-state index in [9.17, 15) is 8.42 Å². The van der Waals surface area contributed by atoms with Gasteiger partial charge in [-0.2, -0.15) is 0 Å². The molecule has 0 unspecified atom stereocenters. The fourth-order valence-electron chi connectivity index (χ4n) is 1.72. The lowest BCUT2D eigenvalue weighted by atomic mass is 10.0. The van der Waals surface area contributed by atoms with E-state index in [-0.39, 0.29) is 11.3 Å². The second-order valence-electron chi connectivity index (χ2n) is 4.77. The topological polar surface area (TPSA) is 58.2 Å². The lowest BCUT2D eigenvalue weighted by Crippen LogP contribution is -2.47. The second kappa shape index (κ2) is 4.80. The Bertz CT molecular complexity index is 295.